The van der Waals surface area contributed by atoms with Crippen LogP contribution >= 0.6 is 11.6 Å². The van der Waals surface area contributed by atoms with Crippen molar-refractivity contribution in [3.05, 3.63) is 87.2 Å². The number of nitro benzene ring substituents is 1. The number of sulfonamides is 1. The molecule has 0 aliphatic carbocycles. The van der Waals surface area contributed by atoms with E-state index in [1.807, 2.05) is 0 Å². The molecular weight excluding hydrogens is 603 g/mol. The third-order valence-electron chi connectivity index (χ3n) is 6.85. The van der Waals surface area contributed by atoms with Crippen molar-refractivity contribution in [1.82, 2.24) is 9.21 Å². The highest BCUT2D eigenvalue weighted by Gasteiger charge is 2.32. The van der Waals surface area contributed by atoms with Crippen LogP contribution in [0.4, 0.5) is 15.8 Å². The second-order valence-electron chi connectivity index (χ2n) is 10.3. The quantitative estimate of drug-likeness (QED) is 0.222. The minimum Gasteiger partial charge on any atom is -0.457 e. The van der Waals surface area contributed by atoms with Crippen LogP contribution in [0.15, 0.2) is 65.6 Å². The van der Waals surface area contributed by atoms with Crippen molar-refractivity contribution in [3.63, 3.8) is 0 Å². The van der Waals surface area contributed by atoms with Crippen LogP contribution in [0.25, 0.3) is 0 Å². The fraction of sp³-hybridized carbons (Fsp3) is 0.345. The first-order chi connectivity index (χ1) is 20.4. The minimum atomic E-state index is -3.98. The Bertz CT molecular complexity index is 1600. The molecule has 1 N–H and O–H groups in total. The number of halogens is 2. The fourth-order valence-corrected chi connectivity index (χ4v) is 6.17. The molecule has 1 fully saturated rings. The van der Waals surface area contributed by atoms with Crippen molar-refractivity contribution in [1.29, 1.82) is 0 Å². The maximum atomic E-state index is 14.2. The van der Waals surface area contributed by atoms with Crippen LogP contribution in [0.2, 0.25) is 5.02 Å². The van der Waals surface area contributed by atoms with Gasteiger partial charge in [0.25, 0.3) is 5.69 Å². The van der Waals surface area contributed by atoms with Gasteiger partial charge in [-0.15, -0.1) is 0 Å². The number of hydrogen-bond acceptors (Lipinski definition) is 8. The Morgan fingerprint density at radius 3 is 2.53 bits per heavy atom. The Morgan fingerprint density at radius 1 is 1.16 bits per heavy atom. The summed E-state index contributed by atoms with van der Waals surface area (Å²) < 4.78 is 52.7. The number of nitrogens with one attached hydrogen (secondary N) is 1. The zero-order valence-electron chi connectivity index (χ0n) is 23.8. The summed E-state index contributed by atoms with van der Waals surface area (Å²) in [6, 6.07) is 13.3. The summed E-state index contributed by atoms with van der Waals surface area (Å²) in [5.41, 5.74) is -0.109. The number of nitro groups is 1. The number of rotatable bonds is 11. The predicted molar refractivity (Wildman–Crippen MR) is 159 cm³/mol. The second kappa shape index (κ2) is 13.7. The molecule has 4 rings (SSSR count). The van der Waals surface area contributed by atoms with Gasteiger partial charge in [0, 0.05) is 43.3 Å². The molecule has 0 spiro atoms. The molecule has 1 amide bonds. The maximum Gasteiger partial charge on any atom is 0.293 e. The molecule has 11 nitrogen and oxygen atoms in total. The summed E-state index contributed by atoms with van der Waals surface area (Å²) in [4.78, 5) is 26.1. The highest BCUT2D eigenvalue weighted by molar-refractivity contribution is 7.89. The number of hydrogen-bond donors (Lipinski definition) is 1. The third kappa shape index (κ3) is 7.79. The summed E-state index contributed by atoms with van der Waals surface area (Å²) in [7, 11) is -2.45. The number of likely N-dealkylation sites (N-methyl/N-ethyl adjacent to an activating group) is 1. The van der Waals surface area contributed by atoms with E-state index in [9.17, 15) is 27.7 Å². The summed E-state index contributed by atoms with van der Waals surface area (Å²) in [6.07, 6.45) is 0. The molecule has 1 saturated heterocycles. The number of benzene rings is 3. The van der Waals surface area contributed by atoms with Crippen molar-refractivity contribution in [2.75, 3.05) is 38.7 Å². The fourth-order valence-electron chi connectivity index (χ4n) is 4.56. The first-order valence-corrected chi connectivity index (χ1v) is 15.3. The van der Waals surface area contributed by atoms with Gasteiger partial charge in [0.15, 0.2) is 0 Å². The lowest BCUT2D eigenvalue weighted by atomic mass is 10.0. The van der Waals surface area contributed by atoms with E-state index in [4.69, 9.17) is 21.1 Å². The summed E-state index contributed by atoms with van der Waals surface area (Å²) in [6.45, 7) is 4.25. The van der Waals surface area contributed by atoms with Crippen LogP contribution in [0.5, 0.6) is 11.5 Å². The van der Waals surface area contributed by atoms with E-state index in [2.05, 4.69) is 5.32 Å². The molecule has 0 bridgehead atoms. The third-order valence-corrected chi connectivity index (χ3v) is 8.98. The molecule has 230 valence electrons. The average Bonchev–Trinajstić information content (AvgIpc) is 2.97. The monoisotopic (exact) mass is 634 g/mol. The topological polar surface area (TPSA) is 131 Å². The van der Waals surface area contributed by atoms with Crippen molar-refractivity contribution < 1.29 is 32.0 Å². The number of amides is 1. The van der Waals surface area contributed by atoms with Gasteiger partial charge >= 0.3 is 0 Å². The van der Waals surface area contributed by atoms with Gasteiger partial charge in [-0.1, -0.05) is 31.5 Å². The van der Waals surface area contributed by atoms with Crippen LogP contribution in [-0.4, -0.2) is 67.8 Å². The van der Waals surface area contributed by atoms with Gasteiger partial charge in [0.05, 0.1) is 23.0 Å². The Hall–Kier alpha value is -3.78. The van der Waals surface area contributed by atoms with Crippen LogP contribution in [0, 0.1) is 21.8 Å². The summed E-state index contributed by atoms with van der Waals surface area (Å²) >= 11 is 6.05. The van der Waals surface area contributed by atoms with Gasteiger partial charge in [-0.05, 0) is 54.4 Å². The Kier molecular flexibility index (Phi) is 10.2. The van der Waals surface area contributed by atoms with Crippen molar-refractivity contribution in [3.8, 4) is 11.5 Å². The number of ether oxygens (including phenoxy) is 2. The summed E-state index contributed by atoms with van der Waals surface area (Å²) in [5, 5.41) is 15.4. The molecule has 1 heterocycles. The van der Waals surface area contributed by atoms with Gasteiger partial charge in [-0.2, -0.15) is 4.31 Å². The van der Waals surface area contributed by atoms with Gasteiger partial charge in [0.1, 0.15) is 29.0 Å². The van der Waals surface area contributed by atoms with Gasteiger partial charge in [-0.25, -0.2) is 12.8 Å². The summed E-state index contributed by atoms with van der Waals surface area (Å²) in [5.74, 6) is -0.517. The first-order valence-electron chi connectivity index (χ1n) is 13.5. The lowest BCUT2D eigenvalue weighted by Gasteiger charge is -2.28. The normalized spacial score (nSPS) is 14.7. The molecule has 0 aromatic heterocycles. The van der Waals surface area contributed by atoms with E-state index < -0.39 is 38.4 Å². The Balaban J connectivity index is 1.56. The van der Waals surface area contributed by atoms with Crippen LogP contribution in [0.1, 0.15) is 19.4 Å². The van der Waals surface area contributed by atoms with Gasteiger partial charge in [0.2, 0.25) is 15.9 Å². The first kappa shape index (κ1) is 32.1. The maximum absolute atomic E-state index is 14.2. The number of nitrogens with zero attached hydrogens (tertiary/aromatic N) is 3. The van der Waals surface area contributed by atoms with E-state index >= 15 is 0 Å². The van der Waals surface area contributed by atoms with Crippen molar-refractivity contribution in [2.45, 2.75) is 31.3 Å². The highest BCUT2D eigenvalue weighted by Crippen LogP contribution is 2.32. The van der Waals surface area contributed by atoms with Gasteiger partial charge < -0.3 is 19.7 Å². The Morgan fingerprint density at radius 2 is 1.88 bits per heavy atom. The zero-order valence-corrected chi connectivity index (χ0v) is 25.4. The highest BCUT2D eigenvalue weighted by atomic mass is 35.5. The van der Waals surface area contributed by atoms with Crippen molar-refractivity contribution in [2.24, 2.45) is 5.92 Å². The lowest BCUT2D eigenvalue weighted by Crippen LogP contribution is -2.43. The van der Waals surface area contributed by atoms with E-state index in [0.29, 0.717) is 22.1 Å². The molecule has 1 aliphatic rings. The van der Waals surface area contributed by atoms with E-state index in [1.165, 1.54) is 46.6 Å². The predicted octanol–water partition coefficient (Wildman–Crippen LogP) is 5.30. The van der Waals surface area contributed by atoms with E-state index in [-0.39, 0.29) is 49.3 Å². The largest absolute Gasteiger partial charge is 0.457 e. The average molecular weight is 635 g/mol. The van der Waals surface area contributed by atoms with Crippen LogP contribution in [0.3, 0.4) is 0 Å². The number of morpholine rings is 1. The Labute approximate surface area is 254 Å². The standard InChI is InChI=1S/C29H32ClFN4O7S/c1-19(2)28(32-25-9-8-24(17-26(25)35(37)38)43(39,40)34-11-13-41-14-12-34)29(36)33(3)18-20-15-22(31)7-10-27(20)42-23-6-4-5-21(30)16-23/h4-10,15-17,19,28,32H,11-14,18H2,1-3H3/t28-/m0/s1. The number of carbonyl (C=O) groups excluding carboxylic acids is 1. The molecule has 0 saturated carbocycles. The molecule has 3 aromatic rings. The lowest BCUT2D eigenvalue weighted by molar-refractivity contribution is -0.384. The molecule has 14 heteroatoms. The number of anilines is 1. The van der Waals surface area contributed by atoms with Crippen molar-refractivity contribution >= 4 is 38.9 Å². The van der Waals surface area contributed by atoms with E-state index in [0.717, 1.165) is 6.07 Å². The molecule has 1 atom stereocenters. The van der Waals surface area contributed by atoms with Crippen LogP contribution < -0.4 is 10.1 Å². The molecule has 3 aromatic carbocycles. The van der Waals surface area contributed by atoms with E-state index in [1.54, 1.807) is 38.1 Å². The van der Waals surface area contributed by atoms with Gasteiger partial charge in [-0.3, -0.25) is 14.9 Å². The smallest absolute Gasteiger partial charge is 0.293 e. The second-order valence-corrected chi connectivity index (χ2v) is 12.7. The molecule has 43 heavy (non-hydrogen) atoms. The van der Waals surface area contributed by atoms with Crippen LogP contribution in [-0.2, 0) is 26.1 Å². The molecule has 0 radical (unpaired) electrons. The zero-order chi connectivity index (χ0) is 31.3. The molecular formula is C29H32ClFN4O7S. The molecule has 0 unspecified atom stereocenters. The minimum absolute atomic E-state index is 0.0119. The SMILES string of the molecule is CC(C)[C@H](Nc1ccc(S(=O)(=O)N2CCOCC2)cc1[N+](=O)[O-])C(=O)N(C)Cc1cc(F)ccc1Oc1cccc(Cl)c1. The molecule has 1 aliphatic heterocycles. The number of carbonyl (C=O) groups is 1.